The molecule has 1 aromatic heterocycles. The SMILES string of the molecule is CC(NCc1ccc(S(N)(=O)=O)o1)C(C)(C)C. The van der Waals surface area contributed by atoms with Crippen LogP contribution in [0.5, 0.6) is 0 Å². The minimum Gasteiger partial charge on any atom is -0.447 e. The Balaban J connectivity index is 2.63. The van der Waals surface area contributed by atoms with Crippen molar-refractivity contribution in [2.75, 3.05) is 0 Å². The molecule has 0 aliphatic rings. The molecule has 0 fully saturated rings. The molecule has 0 aromatic carbocycles. The largest absolute Gasteiger partial charge is 0.447 e. The Hall–Kier alpha value is -0.850. The van der Waals surface area contributed by atoms with Crippen LogP contribution in [-0.2, 0) is 16.6 Å². The first-order chi connectivity index (χ1) is 7.60. The Morgan fingerprint density at radius 2 is 2.00 bits per heavy atom. The van der Waals surface area contributed by atoms with E-state index in [0.29, 0.717) is 12.3 Å². The van der Waals surface area contributed by atoms with E-state index in [4.69, 9.17) is 9.56 Å². The summed E-state index contributed by atoms with van der Waals surface area (Å²) < 4.78 is 27.2. The van der Waals surface area contributed by atoms with Gasteiger partial charge < -0.3 is 9.73 Å². The third-order valence-corrected chi connectivity index (χ3v) is 3.58. The molecule has 0 radical (unpaired) electrons. The average Bonchev–Trinajstić information content (AvgIpc) is 2.59. The number of hydrogen-bond donors (Lipinski definition) is 2. The molecule has 3 N–H and O–H groups in total. The van der Waals surface area contributed by atoms with E-state index in [1.807, 2.05) is 0 Å². The molecule has 1 atom stereocenters. The molecule has 1 aromatic rings. The van der Waals surface area contributed by atoms with Crippen molar-refractivity contribution >= 4 is 10.0 Å². The Kier molecular flexibility index (Phi) is 4.01. The quantitative estimate of drug-likeness (QED) is 0.858. The summed E-state index contributed by atoms with van der Waals surface area (Å²) in [5.41, 5.74) is 0.134. The molecule has 17 heavy (non-hydrogen) atoms. The smallest absolute Gasteiger partial charge is 0.271 e. The van der Waals surface area contributed by atoms with Crippen LogP contribution in [0.15, 0.2) is 21.6 Å². The lowest BCUT2D eigenvalue weighted by Crippen LogP contribution is -2.37. The van der Waals surface area contributed by atoms with E-state index in [1.54, 1.807) is 6.07 Å². The average molecular weight is 260 g/mol. The highest BCUT2D eigenvalue weighted by atomic mass is 32.2. The first kappa shape index (κ1) is 14.2. The molecule has 0 saturated carbocycles. The van der Waals surface area contributed by atoms with Gasteiger partial charge in [-0.1, -0.05) is 20.8 Å². The molecule has 1 rings (SSSR count). The van der Waals surface area contributed by atoms with E-state index in [2.05, 4.69) is 33.0 Å². The van der Waals surface area contributed by atoms with Gasteiger partial charge in [0.2, 0.25) is 5.09 Å². The predicted molar refractivity (Wildman–Crippen MR) is 65.8 cm³/mol. The molecule has 6 heteroatoms. The van der Waals surface area contributed by atoms with Crippen molar-refractivity contribution in [2.24, 2.45) is 10.6 Å². The number of primary sulfonamides is 1. The maximum absolute atomic E-state index is 11.0. The van der Waals surface area contributed by atoms with E-state index in [1.165, 1.54) is 6.07 Å². The second-order valence-electron chi connectivity index (χ2n) is 5.23. The van der Waals surface area contributed by atoms with E-state index in [9.17, 15) is 8.42 Å². The van der Waals surface area contributed by atoms with Crippen LogP contribution in [0.1, 0.15) is 33.5 Å². The molecule has 1 heterocycles. The minimum absolute atomic E-state index is 0.134. The molecule has 5 nitrogen and oxygen atoms in total. The van der Waals surface area contributed by atoms with Gasteiger partial charge in [-0.15, -0.1) is 0 Å². The van der Waals surface area contributed by atoms with Crippen LogP contribution in [-0.4, -0.2) is 14.5 Å². The monoisotopic (exact) mass is 260 g/mol. The second-order valence-corrected chi connectivity index (χ2v) is 6.73. The summed E-state index contributed by atoms with van der Waals surface area (Å²) in [6, 6.07) is 3.27. The number of sulfonamides is 1. The van der Waals surface area contributed by atoms with Gasteiger partial charge in [-0.05, 0) is 24.5 Å². The standard InChI is InChI=1S/C11H20N2O3S/c1-8(11(2,3)4)13-7-9-5-6-10(16-9)17(12,14)15/h5-6,8,13H,7H2,1-4H3,(H2,12,14,15). The second kappa shape index (κ2) is 4.80. The zero-order valence-corrected chi connectivity index (χ0v) is 11.5. The summed E-state index contributed by atoms with van der Waals surface area (Å²) in [6.07, 6.45) is 0. The van der Waals surface area contributed by atoms with Gasteiger partial charge in [0.25, 0.3) is 10.0 Å². The van der Waals surface area contributed by atoms with Crippen molar-refractivity contribution in [2.45, 2.75) is 45.4 Å². The minimum atomic E-state index is -3.74. The number of nitrogens with two attached hydrogens (primary N) is 1. The van der Waals surface area contributed by atoms with Gasteiger partial charge in [0, 0.05) is 6.04 Å². The Labute approximate surface area is 102 Å². The molecule has 0 saturated heterocycles. The van der Waals surface area contributed by atoms with Crippen molar-refractivity contribution in [3.8, 4) is 0 Å². The predicted octanol–water partition coefficient (Wildman–Crippen LogP) is 1.45. The van der Waals surface area contributed by atoms with Crippen molar-refractivity contribution < 1.29 is 12.8 Å². The fourth-order valence-corrected chi connectivity index (χ4v) is 1.65. The fourth-order valence-electron chi connectivity index (χ4n) is 1.17. The Morgan fingerprint density at radius 1 is 1.41 bits per heavy atom. The number of rotatable bonds is 4. The third kappa shape index (κ3) is 4.14. The summed E-state index contributed by atoms with van der Waals surface area (Å²) in [4.78, 5) is 0. The van der Waals surface area contributed by atoms with Gasteiger partial charge in [-0.2, -0.15) is 0 Å². The van der Waals surface area contributed by atoms with Crippen LogP contribution >= 0.6 is 0 Å². The molecule has 0 aliphatic carbocycles. The van der Waals surface area contributed by atoms with Crippen LogP contribution < -0.4 is 10.5 Å². The first-order valence-electron chi connectivity index (χ1n) is 5.45. The summed E-state index contributed by atoms with van der Waals surface area (Å²) in [7, 11) is -3.74. The van der Waals surface area contributed by atoms with Crippen LogP contribution in [0.2, 0.25) is 0 Å². The van der Waals surface area contributed by atoms with Crippen LogP contribution in [0.25, 0.3) is 0 Å². The van der Waals surface area contributed by atoms with Gasteiger partial charge in [-0.3, -0.25) is 0 Å². The summed E-state index contributed by atoms with van der Waals surface area (Å²) in [5.74, 6) is 0.560. The molecule has 0 amide bonds. The van der Waals surface area contributed by atoms with Gasteiger partial charge >= 0.3 is 0 Å². The molecule has 0 aliphatic heterocycles. The van der Waals surface area contributed by atoms with Gasteiger partial charge in [-0.25, -0.2) is 13.6 Å². The van der Waals surface area contributed by atoms with Crippen molar-refractivity contribution in [1.29, 1.82) is 0 Å². The first-order valence-corrected chi connectivity index (χ1v) is 7.00. The van der Waals surface area contributed by atoms with Crippen LogP contribution in [0.3, 0.4) is 0 Å². The fraction of sp³-hybridized carbons (Fsp3) is 0.636. The van der Waals surface area contributed by atoms with E-state index in [-0.39, 0.29) is 16.5 Å². The Morgan fingerprint density at radius 3 is 2.41 bits per heavy atom. The van der Waals surface area contributed by atoms with Crippen LogP contribution in [0.4, 0.5) is 0 Å². The lowest BCUT2D eigenvalue weighted by atomic mass is 9.88. The molecular weight excluding hydrogens is 240 g/mol. The Bertz CT molecular complexity index is 471. The highest BCUT2D eigenvalue weighted by Crippen LogP contribution is 2.19. The molecule has 1 unspecified atom stereocenters. The van der Waals surface area contributed by atoms with E-state index in [0.717, 1.165) is 0 Å². The van der Waals surface area contributed by atoms with Gasteiger partial charge in [0.1, 0.15) is 5.76 Å². The van der Waals surface area contributed by atoms with E-state index < -0.39 is 10.0 Å². The zero-order chi connectivity index (χ0) is 13.3. The normalized spacial score (nSPS) is 14.9. The maximum Gasteiger partial charge on any atom is 0.271 e. The van der Waals surface area contributed by atoms with Crippen molar-refractivity contribution in [3.05, 3.63) is 17.9 Å². The highest BCUT2D eigenvalue weighted by Gasteiger charge is 2.20. The summed E-state index contributed by atoms with van der Waals surface area (Å²) >= 11 is 0. The lowest BCUT2D eigenvalue weighted by Gasteiger charge is -2.27. The molecular formula is C11H20N2O3S. The topological polar surface area (TPSA) is 85.3 Å². The molecule has 98 valence electrons. The summed E-state index contributed by atoms with van der Waals surface area (Å²) in [5, 5.41) is 8.03. The zero-order valence-electron chi connectivity index (χ0n) is 10.6. The maximum atomic E-state index is 11.0. The molecule has 0 bridgehead atoms. The number of hydrogen-bond acceptors (Lipinski definition) is 4. The van der Waals surface area contributed by atoms with Crippen molar-refractivity contribution in [3.63, 3.8) is 0 Å². The number of nitrogens with one attached hydrogen (secondary N) is 1. The lowest BCUT2D eigenvalue weighted by molar-refractivity contribution is 0.274. The number of furan rings is 1. The van der Waals surface area contributed by atoms with Gasteiger partial charge in [0.15, 0.2) is 0 Å². The van der Waals surface area contributed by atoms with Crippen LogP contribution in [0, 0.1) is 5.41 Å². The van der Waals surface area contributed by atoms with Crippen molar-refractivity contribution in [1.82, 2.24) is 5.32 Å². The van der Waals surface area contributed by atoms with Gasteiger partial charge in [0.05, 0.1) is 6.54 Å². The third-order valence-electron chi connectivity index (χ3n) is 2.80. The van der Waals surface area contributed by atoms with E-state index >= 15 is 0 Å². The molecule has 0 spiro atoms. The highest BCUT2D eigenvalue weighted by molar-refractivity contribution is 7.89. The summed E-state index contributed by atoms with van der Waals surface area (Å²) in [6.45, 7) is 8.94.